The van der Waals surface area contributed by atoms with Crippen LogP contribution in [0.15, 0.2) is 24.3 Å². The molecule has 1 N–H and O–H groups in total. The minimum atomic E-state index is -1.22. The van der Waals surface area contributed by atoms with E-state index in [1.54, 1.807) is 25.1 Å². The Morgan fingerprint density at radius 3 is 2.59 bits per heavy atom. The van der Waals surface area contributed by atoms with Gasteiger partial charge in [-0.25, -0.2) is 4.79 Å². The monoisotopic (exact) mass is 301 g/mol. The minimum absolute atomic E-state index is 0.419. The summed E-state index contributed by atoms with van der Waals surface area (Å²) in [4.78, 5) is 36.8. The van der Waals surface area contributed by atoms with Gasteiger partial charge in [0.05, 0.1) is 0 Å². The molecular weight excluding hydrogens is 286 g/mol. The average molecular weight is 301 g/mol. The Hall–Kier alpha value is -2.88. The van der Waals surface area contributed by atoms with Gasteiger partial charge in [0.15, 0.2) is 6.61 Å². The third-order valence-corrected chi connectivity index (χ3v) is 3.49. The Kier molecular flexibility index (Phi) is 4.13. The molecule has 1 saturated heterocycles. The first-order chi connectivity index (χ1) is 10.4. The van der Waals surface area contributed by atoms with Gasteiger partial charge in [-0.1, -0.05) is 29.8 Å². The van der Waals surface area contributed by atoms with Crippen LogP contribution < -0.4 is 5.32 Å². The Labute approximate surface area is 127 Å². The molecule has 1 aromatic carbocycles. The Morgan fingerprint density at radius 1 is 1.36 bits per heavy atom. The molecule has 0 bridgehead atoms. The molecule has 1 aliphatic heterocycles. The van der Waals surface area contributed by atoms with E-state index in [1.165, 1.54) is 0 Å². The van der Waals surface area contributed by atoms with Crippen LogP contribution in [0.25, 0.3) is 0 Å². The molecule has 1 atom stereocenters. The first-order valence-electron chi connectivity index (χ1n) is 6.62. The standard InChI is InChI=1S/C15H15N3O4/c1-10-3-5-11(6-4-10)15(2)13(20)18(14(21)17-15)9-12(19)22-8-7-16/h3-6H,8-9H2,1-2H3,(H,17,21)/t15-/m1/s1. The Balaban J connectivity index is 2.19. The molecule has 2 rings (SSSR count). The highest BCUT2D eigenvalue weighted by Crippen LogP contribution is 2.28. The highest BCUT2D eigenvalue weighted by Gasteiger charge is 2.49. The number of carbonyl (C=O) groups is 3. The molecule has 0 aliphatic carbocycles. The van der Waals surface area contributed by atoms with E-state index in [0.29, 0.717) is 5.56 Å². The van der Waals surface area contributed by atoms with Crippen LogP contribution in [0.4, 0.5) is 4.79 Å². The lowest BCUT2D eigenvalue weighted by atomic mass is 9.91. The molecule has 0 spiro atoms. The predicted molar refractivity (Wildman–Crippen MR) is 75.3 cm³/mol. The van der Waals surface area contributed by atoms with Gasteiger partial charge in [-0.2, -0.15) is 5.26 Å². The van der Waals surface area contributed by atoms with Crippen molar-refractivity contribution in [2.75, 3.05) is 13.2 Å². The van der Waals surface area contributed by atoms with Crippen LogP contribution in [0.5, 0.6) is 0 Å². The van der Waals surface area contributed by atoms with Crippen LogP contribution in [0.1, 0.15) is 18.1 Å². The number of benzene rings is 1. The van der Waals surface area contributed by atoms with E-state index in [9.17, 15) is 14.4 Å². The summed E-state index contributed by atoms with van der Waals surface area (Å²) in [5.41, 5.74) is 0.436. The topological polar surface area (TPSA) is 99.5 Å². The SMILES string of the molecule is Cc1ccc([C@@]2(C)NC(=O)N(CC(=O)OCC#N)C2=O)cc1. The van der Waals surface area contributed by atoms with Crippen LogP contribution in [-0.4, -0.2) is 36.0 Å². The van der Waals surface area contributed by atoms with E-state index in [1.807, 2.05) is 19.1 Å². The van der Waals surface area contributed by atoms with Crippen molar-refractivity contribution in [1.82, 2.24) is 10.2 Å². The summed E-state index contributed by atoms with van der Waals surface area (Å²) in [5.74, 6) is -1.34. The van der Waals surface area contributed by atoms with Crippen molar-refractivity contribution < 1.29 is 19.1 Å². The Bertz CT molecular complexity index is 662. The fraction of sp³-hybridized carbons (Fsp3) is 0.333. The Morgan fingerprint density at radius 2 is 2.00 bits per heavy atom. The fourth-order valence-corrected chi connectivity index (χ4v) is 2.21. The molecule has 3 amide bonds. The number of amides is 3. The van der Waals surface area contributed by atoms with Crippen molar-refractivity contribution >= 4 is 17.9 Å². The van der Waals surface area contributed by atoms with Crippen LogP contribution in [0.3, 0.4) is 0 Å². The van der Waals surface area contributed by atoms with Gasteiger partial charge < -0.3 is 10.1 Å². The molecule has 1 aliphatic rings. The van der Waals surface area contributed by atoms with Crippen molar-refractivity contribution in [3.63, 3.8) is 0 Å². The summed E-state index contributed by atoms with van der Waals surface area (Å²) in [6.45, 7) is 2.56. The number of nitrogens with zero attached hydrogens (tertiary/aromatic N) is 2. The van der Waals surface area contributed by atoms with Gasteiger partial charge in [-0.15, -0.1) is 0 Å². The summed E-state index contributed by atoms with van der Waals surface area (Å²) >= 11 is 0. The number of nitrogens with one attached hydrogen (secondary N) is 1. The summed E-state index contributed by atoms with van der Waals surface area (Å²) in [6, 6.07) is 8.17. The van der Waals surface area contributed by atoms with Gasteiger partial charge >= 0.3 is 12.0 Å². The molecule has 0 saturated carbocycles. The van der Waals surface area contributed by atoms with Crippen molar-refractivity contribution in [2.45, 2.75) is 19.4 Å². The number of carbonyl (C=O) groups excluding carboxylic acids is 3. The second kappa shape index (κ2) is 5.85. The number of esters is 1. The molecule has 7 nitrogen and oxygen atoms in total. The zero-order valence-electron chi connectivity index (χ0n) is 12.3. The largest absolute Gasteiger partial charge is 0.449 e. The summed E-state index contributed by atoms with van der Waals surface area (Å²) in [6.07, 6.45) is 0. The zero-order valence-corrected chi connectivity index (χ0v) is 12.3. The number of urea groups is 1. The highest BCUT2D eigenvalue weighted by atomic mass is 16.5. The second-order valence-electron chi connectivity index (χ2n) is 5.13. The molecule has 0 radical (unpaired) electrons. The lowest BCUT2D eigenvalue weighted by molar-refractivity contribution is -0.146. The van der Waals surface area contributed by atoms with Crippen molar-refractivity contribution in [3.05, 3.63) is 35.4 Å². The minimum Gasteiger partial charge on any atom is -0.449 e. The van der Waals surface area contributed by atoms with Gasteiger partial charge in [-0.05, 0) is 19.4 Å². The second-order valence-corrected chi connectivity index (χ2v) is 5.13. The smallest absolute Gasteiger partial charge is 0.327 e. The van der Waals surface area contributed by atoms with Crippen LogP contribution >= 0.6 is 0 Å². The van der Waals surface area contributed by atoms with Gasteiger partial charge in [-0.3, -0.25) is 14.5 Å². The molecule has 1 heterocycles. The van der Waals surface area contributed by atoms with Crippen LogP contribution in [0, 0.1) is 18.3 Å². The number of hydrogen-bond donors (Lipinski definition) is 1. The molecule has 0 unspecified atom stereocenters. The van der Waals surface area contributed by atoms with E-state index in [0.717, 1.165) is 10.5 Å². The molecule has 114 valence electrons. The van der Waals surface area contributed by atoms with Crippen molar-refractivity contribution in [3.8, 4) is 6.07 Å². The summed E-state index contributed by atoms with van der Waals surface area (Å²) < 4.78 is 4.57. The molecule has 1 fully saturated rings. The third-order valence-electron chi connectivity index (χ3n) is 3.49. The first kappa shape index (κ1) is 15.5. The highest BCUT2D eigenvalue weighted by molar-refractivity contribution is 6.08. The zero-order chi connectivity index (χ0) is 16.3. The lowest BCUT2D eigenvalue weighted by Crippen LogP contribution is -2.41. The third kappa shape index (κ3) is 2.76. The quantitative estimate of drug-likeness (QED) is 0.656. The summed E-state index contributed by atoms with van der Waals surface area (Å²) in [5, 5.41) is 10.9. The van der Waals surface area contributed by atoms with Gasteiger partial charge in [0.2, 0.25) is 0 Å². The number of hydrogen-bond acceptors (Lipinski definition) is 5. The maximum Gasteiger partial charge on any atom is 0.327 e. The van der Waals surface area contributed by atoms with Gasteiger partial charge in [0.25, 0.3) is 5.91 Å². The number of rotatable bonds is 4. The number of ether oxygens (including phenoxy) is 1. The predicted octanol–water partition coefficient (Wildman–Crippen LogP) is 0.829. The molecule has 7 heteroatoms. The normalized spacial score (nSPS) is 20.5. The van der Waals surface area contributed by atoms with Crippen molar-refractivity contribution in [1.29, 1.82) is 5.26 Å². The maximum absolute atomic E-state index is 12.5. The molecular formula is C15H15N3O4. The first-order valence-corrected chi connectivity index (χ1v) is 6.62. The summed E-state index contributed by atoms with van der Waals surface area (Å²) in [7, 11) is 0. The molecule has 22 heavy (non-hydrogen) atoms. The van der Waals surface area contributed by atoms with E-state index in [2.05, 4.69) is 10.1 Å². The van der Waals surface area contributed by atoms with E-state index in [4.69, 9.17) is 5.26 Å². The number of nitriles is 1. The maximum atomic E-state index is 12.5. The number of imide groups is 1. The van der Waals surface area contributed by atoms with E-state index >= 15 is 0 Å². The van der Waals surface area contributed by atoms with Gasteiger partial charge in [0.1, 0.15) is 18.2 Å². The van der Waals surface area contributed by atoms with Crippen molar-refractivity contribution in [2.24, 2.45) is 0 Å². The molecule has 0 aromatic heterocycles. The van der Waals surface area contributed by atoms with Crippen LogP contribution in [0.2, 0.25) is 0 Å². The van der Waals surface area contributed by atoms with E-state index in [-0.39, 0.29) is 0 Å². The molecule has 1 aromatic rings. The average Bonchev–Trinajstić information content (AvgIpc) is 2.70. The van der Waals surface area contributed by atoms with Crippen LogP contribution in [-0.2, 0) is 19.9 Å². The lowest BCUT2D eigenvalue weighted by Gasteiger charge is -2.22. The van der Waals surface area contributed by atoms with Gasteiger partial charge in [0, 0.05) is 0 Å². The fourth-order valence-electron chi connectivity index (χ4n) is 2.21. The van der Waals surface area contributed by atoms with E-state index < -0.39 is 36.6 Å². The number of aryl methyl sites for hydroxylation is 1.